The molecular formula is C37H36N2O2. The fourth-order valence-electron chi connectivity index (χ4n) is 5.86. The Bertz CT molecular complexity index is 1780. The third-order valence-corrected chi connectivity index (χ3v) is 7.89. The van der Waals surface area contributed by atoms with Crippen molar-refractivity contribution in [3.8, 4) is 11.8 Å². The van der Waals surface area contributed by atoms with E-state index in [4.69, 9.17) is 9.47 Å². The number of hydrogen-bond acceptors (Lipinski definition) is 3. The summed E-state index contributed by atoms with van der Waals surface area (Å²) < 4.78 is 13.6. The monoisotopic (exact) mass is 540 g/mol. The van der Waals surface area contributed by atoms with Crippen LogP contribution in [0.25, 0.3) is 49.0 Å². The molecule has 1 aromatic heterocycles. The minimum Gasteiger partial charge on any atom is -0.382 e. The first-order valence-corrected chi connectivity index (χ1v) is 14.8. The minimum absolute atomic E-state index is 0.658. The van der Waals surface area contributed by atoms with Gasteiger partial charge >= 0.3 is 0 Å². The Kier molecular flexibility index (Phi) is 8.00. The molecule has 0 fully saturated rings. The average Bonchev–Trinajstić information content (AvgIpc) is 3.31. The molecule has 0 saturated carbocycles. The van der Waals surface area contributed by atoms with Crippen LogP contribution in [0.4, 0.5) is 0 Å². The van der Waals surface area contributed by atoms with Crippen LogP contribution in [0.15, 0.2) is 84.9 Å². The molecule has 6 aromatic rings. The highest BCUT2D eigenvalue weighted by Crippen LogP contribution is 2.37. The predicted octanol–water partition coefficient (Wildman–Crippen LogP) is 8.90. The van der Waals surface area contributed by atoms with Crippen LogP contribution in [-0.2, 0) is 22.3 Å². The van der Waals surface area contributed by atoms with Crippen LogP contribution in [0.2, 0.25) is 0 Å². The van der Waals surface area contributed by atoms with Gasteiger partial charge in [0, 0.05) is 36.3 Å². The van der Waals surface area contributed by atoms with E-state index in [0.717, 1.165) is 68.8 Å². The van der Waals surface area contributed by atoms with Gasteiger partial charge in [0.1, 0.15) is 0 Å². The van der Waals surface area contributed by atoms with E-state index in [1.165, 1.54) is 43.4 Å². The summed E-state index contributed by atoms with van der Waals surface area (Å²) in [4.78, 5) is 0. The van der Waals surface area contributed by atoms with Crippen LogP contribution in [-0.4, -0.2) is 31.0 Å². The molecule has 0 N–H and O–H groups in total. The van der Waals surface area contributed by atoms with Crippen LogP contribution < -0.4 is 0 Å². The topological polar surface area (TPSA) is 47.2 Å². The second-order valence-corrected chi connectivity index (χ2v) is 10.8. The average molecular weight is 541 g/mol. The minimum atomic E-state index is 0.658. The summed E-state index contributed by atoms with van der Waals surface area (Å²) >= 11 is 0. The number of aryl methyl sites for hydroxylation is 1. The van der Waals surface area contributed by atoms with Crippen molar-refractivity contribution in [2.24, 2.45) is 0 Å². The van der Waals surface area contributed by atoms with Gasteiger partial charge in [-0.25, -0.2) is 0 Å². The quantitative estimate of drug-likeness (QED) is 0.154. The lowest BCUT2D eigenvalue weighted by atomic mass is 10.00. The zero-order valence-electron chi connectivity index (χ0n) is 24.0. The van der Waals surface area contributed by atoms with Crippen LogP contribution in [0.1, 0.15) is 43.4 Å². The van der Waals surface area contributed by atoms with Crippen LogP contribution >= 0.6 is 0 Å². The molecule has 0 spiro atoms. The molecule has 206 valence electrons. The molecule has 41 heavy (non-hydrogen) atoms. The van der Waals surface area contributed by atoms with E-state index in [9.17, 15) is 5.26 Å². The van der Waals surface area contributed by atoms with E-state index in [1.807, 2.05) is 25.1 Å². The van der Waals surface area contributed by atoms with Gasteiger partial charge in [0.2, 0.25) is 0 Å². The van der Waals surface area contributed by atoms with E-state index in [1.54, 1.807) is 0 Å². The zero-order chi connectivity index (χ0) is 28.2. The molecule has 0 aliphatic carbocycles. The molecule has 0 radical (unpaired) electrons. The van der Waals surface area contributed by atoms with Crippen molar-refractivity contribution in [1.29, 1.82) is 5.26 Å². The van der Waals surface area contributed by atoms with Gasteiger partial charge < -0.3 is 14.0 Å². The van der Waals surface area contributed by atoms with Gasteiger partial charge in [0.05, 0.1) is 29.3 Å². The number of nitriles is 1. The number of aromatic nitrogens is 1. The van der Waals surface area contributed by atoms with Gasteiger partial charge in [-0.1, -0.05) is 49.4 Å². The molecule has 0 atom stereocenters. The first-order chi connectivity index (χ1) is 20.2. The standard InChI is InChI=1S/C37H36N2O2/c1-3-15-41-17-14-27-11-13-30-24-37-35(22-32(30)19-27)34-21-31-18-26(8-6-16-40-4-2)10-12-29(31)23-36(34)39(37)33-9-5-7-28(20-33)25-38/h5,7,9-13,18-24H,3-4,6,8,14-17H2,1-2H3. The normalized spacial score (nSPS) is 11.6. The van der Waals surface area contributed by atoms with E-state index in [-0.39, 0.29) is 0 Å². The Balaban J connectivity index is 1.52. The van der Waals surface area contributed by atoms with Crippen molar-refractivity contribution in [1.82, 2.24) is 4.57 Å². The molecule has 0 amide bonds. The summed E-state index contributed by atoms with van der Waals surface area (Å²) in [5.41, 5.74) is 6.58. The third kappa shape index (κ3) is 5.57. The smallest absolute Gasteiger partial charge is 0.0992 e. The summed E-state index contributed by atoms with van der Waals surface area (Å²) in [5, 5.41) is 17.0. The first kappa shape index (κ1) is 27.0. The number of benzene rings is 5. The van der Waals surface area contributed by atoms with E-state index in [2.05, 4.69) is 84.3 Å². The van der Waals surface area contributed by atoms with Crippen LogP contribution in [0.3, 0.4) is 0 Å². The maximum atomic E-state index is 9.63. The van der Waals surface area contributed by atoms with Gasteiger partial charge in [-0.05, 0) is 108 Å². The summed E-state index contributed by atoms with van der Waals surface area (Å²) in [7, 11) is 0. The number of fused-ring (bicyclic) bond motifs is 5. The SMILES string of the molecule is CCCOCCc1ccc2cc3c(cc2c1)c1cc2cc(CCCOCC)ccc2cc1n3-c1cccc(C#N)c1. The van der Waals surface area contributed by atoms with Crippen LogP contribution in [0, 0.1) is 11.3 Å². The second-order valence-electron chi connectivity index (χ2n) is 10.8. The summed E-state index contributed by atoms with van der Waals surface area (Å²) in [5.74, 6) is 0. The van der Waals surface area contributed by atoms with E-state index < -0.39 is 0 Å². The van der Waals surface area contributed by atoms with Crippen molar-refractivity contribution < 1.29 is 9.47 Å². The van der Waals surface area contributed by atoms with Gasteiger partial charge in [-0.15, -0.1) is 0 Å². The van der Waals surface area contributed by atoms with Gasteiger partial charge in [-0.3, -0.25) is 0 Å². The third-order valence-electron chi connectivity index (χ3n) is 7.89. The fraction of sp³-hybridized carbons (Fsp3) is 0.270. The highest BCUT2D eigenvalue weighted by Gasteiger charge is 2.15. The lowest BCUT2D eigenvalue weighted by Crippen LogP contribution is -1.99. The Hall–Kier alpha value is -4.17. The highest BCUT2D eigenvalue weighted by atomic mass is 16.5. The largest absolute Gasteiger partial charge is 0.382 e. The fourth-order valence-corrected chi connectivity index (χ4v) is 5.86. The molecule has 0 aliphatic heterocycles. The Labute approximate surface area is 241 Å². The molecule has 6 rings (SSSR count). The number of rotatable bonds is 11. The molecule has 4 nitrogen and oxygen atoms in total. The molecule has 4 heteroatoms. The molecule has 1 heterocycles. The Morgan fingerprint density at radius 2 is 1.34 bits per heavy atom. The summed E-state index contributed by atoms with van der Waals surface area (Å²) in [6.45, 7) is 7.29. The molecule has 0 unspecified atom stereocenters. The lowest BCUT2D eigenvalue weighted by molar-refractivity contribution is 0.138. The number of nitrogens with zero attached hydrogens (tertiary/aromatic N) is 2. The first-order valence-electron chi connectivity index (χ1n) is 14.8. The van der Waals surface area contributed by atoms with Crippen molar-refractivity contribution in [3.63, 3.8) is 0 Å². The molecular weight excluding hydrogens is 504 g/mol. The maximum Gasteiger partial charge on any atom is 0.0992 e. The molecule has 5 aromatic carbocycles. The van der Waals surface area contributed by atoms with Crippen molar-refractivity contribution in [3.05, 3.63) is 102 Å². The van der Waals surface area contributed by atoms with Crippen LogP contribution in [0.5, 0.6) is 0 Å². The number of ether oxygens (including phenoxy) is 2. The Morgan fingerprint density at radius 3 is 1.98 bits per heavy atom. The predicted molar refractivity (Wildman–Crippen MR) is 170 cm³/mol. The molecule has 0 saturated heterocycles. The van der Waals surface area contributed by atoms with E-state index in [0.29, 0.717) is 5.56 Å². The maximum absolute atomic E-state index is 9.63. The molecule has 0 bridgehead atoms. The Morgan fingerprint density at radius 1 is 0.659 bits per heavy atom. The van der Waals surface area contributed by atoms with Gasteiger partial charge in [0.15, 0.2) is 0 Å². The molecule has 0 aliphatic rings. The van der Waals surface area contributed by atoms with E-state index >= 15 is 0 Å². The summed E-state index contributed by atoms with van der Waals surface area (Å²) in [6.07, 6.45) is 3.98. The van der Waals surface area contributed by atoms with Crippen molar-refractivity contribution in [2.45, 2.75) is 39.5 Å². The second kappa shape index (κ2) is 12.1. The van der Waals surface area contributed by atoms with Crippen molar-refractivity contribution >= 4 is 43.4 Å². The lowest BCUT2D eigenvalue weighted by Gasteiger charge is -2.10. The van der Waals surface area contributed by atoms with Crippen molar-refractivity contribution in [2.75, 3.05) is 26.4 Å². The highest BCUT2D eigenvalue weighted by molar-refractivity contribution is 6.16. The zero-order valence-corrected chi connectivity index (χ0v) is 24.0. The number of hydrogen-bond donors (Lipinski definition) is 0. The van der Waals surface area contributed by atoms with Gasteiger partial charge in [0.25, 0.3) is 0 Å². The summed E-state index contributed by atoms with van der Waals surface area (Å²) in [6, 6.07) is 33.1. The van der Waals surface area contributed by atoms with Gasteiger partial charge in [-0.2, -0.15) is 5.26 Å².